The van der Waals surface area contributed by atoms with Crippen molar-refractivity contribution in [3.05, 3.63) is 0 Å². The molecule has 8 heavy (non-hydrogen) atoms. The van der Waals surface area contributed by atoms with E-state index in [4.69, 9.17) is 15.0 Å². The van der Waals surface area contributed by atoms with E-state index < -0.39 is 6.16 Å². The van der Waals surface area contributed by atoms with E-state index in [1.807, 2.05) is 0 Å². The summed E-state index contributed by atoms with van der Waals surface area (Å²) in [5.74, 6) is 0. The van der Waals surface area contributed by atoms with Crippen LogP contribution in [0.15, 0.2) is 0 Å². The Morgan fingerprint density at radius 2 is 1.38 bits per heavy atom. The molecule has 0 heterocycles. The second kappa shape index (κ2) is 22.7. The van der Waals surface area contributed by atoms with E-state index in [1.165, 1.54) is 0 Å². The summed E-state index contributed by atoms with van der Waals surface area (Å²) in [4.78, 5) is 8.56. The van der Waals surface area contributed by atoms with E-state index in [2.05, 4.69) is 0 Å². The summed E-state index contributed by atoms with van der Waals surface area (Å²) in [6.07, 6.45) is -1.83. The minimum Gasteiger partial charge on any atom is -1.00 e. The molecule has 0 unspecified atom stereocenters. The molecule has 52 valence electrons. The Bertz CT molecular complexity index is 46.8. The third-order valence-corrected chi connectivity index (χ3v) is 0. The molecular formula is CH3CoKMnNiO3. The molecule has 0 spiro atoms. The molecule has 0 saturated carbocycles. The standard InChI is InChI=1S/CH2O3.Co.K.Mn.Ni.H/c2-1(3)4;;;;;/h(H2,2,3,4);;;;;/q;;+1;;;-1. The van der Waals surface area contributed by atoms with Crippen molar-refractivity contribution in [3.8, 4) is 0 Å². The van der Waals surface area contributed by atoms with E-state index in [1.54, 1.807) is 0 Å². The van der Waals surface area contributed by atoms with Gasteiger partial charge in [0.2, 0.25) is 0 Å². The molecule has 3 nitrogen and oxygen atoms in total. The van der Waals surface area contributed by atoms with Crippen molar-refractivity contribution < 1.29 is 118 Å². The molecule has 0 saturated heterocycles. The van der Waals surface area contributed by atoms with Crippen LogP contribution in [-0.4, -0.2) is 16.4 Å². The van der Waals surface area contributed by atoms with Crippen LogP contribution in [0.1, 0.15) is 1.43 Å². The van der Waals surface area contributed by atoms with Crippen LogP contribution in [0.2, 0.25) is 0 Å². The molecule has 2 N–H and O–H groups in total. The van der Waals surface area contributed by atoms with Gasteiger partial charge in [-0.05, 0) is 0 Å². The summed E-state index contributed by atoms with van der Waals surface area (Å²) in [7, 11) is 0. The van der Waals surface area contributed by atoms with Crippen LogP contribution in [0, 0.1) is 0 Å². The smallest absolute Gasteiger partial charge is 1.00 e. The van der Waals surface area contributed by atoms with Crippen molar-refractivity contribution >= 4 is 6.16 Å². The third-order valence-electron chi connectivity index (χ3n) is 0. The molecule has 0 fully saturated rings. The molecule has 0 aromatic carbocycles. The van der Waals surface area contributed by atoms with Gasteiger partial charge in [0.15, 0.2) is 0 Å². The molecule has 0 aliphatic carbocycles. The number of carboxylic acid groups (broad SMARTS) is 2. The first-order valence-corrected chi connectivity index (χ1v) is 0.651. The van der Waals surface area contributed by atoms with Gasteiger partial charge in [-0.2, -0.15) is 0 Å². The van der Waals surface area contributed by atoms with Crippen LogP contribution in [0.5, 0.6) is 0 Å². The number of hydrogen-bond acceptors (Lipinski definition) is 1. The minimum absolute atomic E-state index is 0. The van der Waals surface area contributed by atoms with Crippen LogP contribution >= 0.6 is 0 Å². The summed E-state index contributed by atoms with van der Waals surface area (Å²) in [5.41, 5.74) is 0. The predicted molar refractivity (Wildman–Crippen MR) is 11.8 cm³/mol. The summed E-state index contributed by atoms with van der Waals surface area (Å²) >= 11 is 0. The van der Waals surface area contributed by atoms with E-state index in [0.29, 0.717) is 0 Å². The van der Waals surface area contributed by atoms with E-state index in [9.17, 15) is 0 Å². The fourth-order valence-corrected chi connectivity index (χ4v) is 0. The maximum absolute atomic E-state index is 8.56. The van der Waals surface area contributed by atoms with Crippen LogP contribution in [0.4, 0.5) is 4.79 Å². The number of rotatable bonds is 0. The monoisotopic (exact) mass is 274 g/mol. The zero-order chi connectivity index (χ0) is 3.58. The van der Waals surface area contributed by atoms with Crippen LogP contribution in [-0.2, 0) is 50.3 Å². The van der Waals surface area contributed by atoms with Gasteiger partial charge in [0.1, 0.15) is 0 Å². The molecule has 0 aliphatic rings. The third kappa shape index (κ3) is 79.0. The fourth-order valence-electron chi connectivity index (χ4n) is 0. The second-order valence-corrected chi connectivity index (χ2v) is 0.283. The zero-order valence-corrected chi connectivity index (χ0v) is 10.2. The Morgan fingerprint density at radius 3 is 1.38 bits per heavy atom. The SMILES string of the molecule is O=C(O)O.[Co].[H-].[K+].[Mn].[Ni]. The van der Waals surface area contributed by atoms with Gasteiger partial charge in [-0.25, -0.2) is 4.79 Å². The molecule has 0 aromatic rings. The van der Waals surface area contributed by atoms with Gasteiger partial charge in [-0.1, -0.05) is 0 Å². The average Bonchev–Trinajstić information content (AvgIpc) is 0.811. The normalized spacial score (nSPS) is 3.00. The number of hydrogen-bond donors (Lipinski definition) is 2. The molecule has 0 aliphatic heterocycles. The van der Waals surface area contributed by atoms with Crippen molar-refractivity contribution in [3.63, 3.8) is 0 Å². The molecule has 2 radical (unpaired) electrons. The van der Waals surface area contributed by atoms with Gasteiger partial charge in [0, 0.05) is 50.3 Å². The van der Waals surface area contributed by atoms with Crippen LogP contribution in [0.3, 0.4) is 0 Å². The van der Waals surface area contributed by atoms with Gasteiger partial charge in [0.25, 0.3) is 0 Å². The predicted octanol–water partition coefficient (Wildman–Crippen LogP) is -2.67. The van der Waals surface area contributed by atoms with Crippen molar-refractivity contribution in [1.82, 2.24) is 0 Å². The molecule has 0 rings (SSSR count). The van der Waals surface area contributed by atoms with Crippen molar-refractivity contribution in [1.29, 1.82) is 0 Å². The Labute approximate surface area is 122 Å². The van der Waals surface area contributed by atoms with Crippen molar-refractivity contribution in [2.24, 2.45) is 0 Å². The summed E-state index contributed by atoms with van der Waals surface area (Å²) in [6.45, 7) is 0. The Kier molecular flexibility index (Phi) is 89.4. The number of carbonyl (C=O) groups is 1. The van der Waals surface area contributed by atoms with Crippen molar-refractivity contribution in [2.75, 3.05) is 0 Å². The van der Waals surface area contributed by atoms with Crippen molar-refractivity contribution in [2.45, 2.75) is 0 Å². The first-order chi connectivity index (χ1) is 1.73. The molecule has 0 bridgehead atoms. The summed E-state index contributed by atoms with van der Waals surface area (Å²) < 4.78 is 0. The van der Waals surface area contributed by atoms with E-state index in [0.717, 1.165) is 0 Å². The minimum atomic E-state index is -1.83. The molecule has 0 aromatic heterocycles. The quantitative estimate of drug-likeness (QED) is 0.474. The molecule has 7 heteroatoms. The van der Waals surface area contributed by atoms with Gasteiger partial charge >= 0.3 is 57.5 Å². The van der Waals surface area contributed by atoms with Gasteiger partial charge < -0.3 is 11.6 Å². The largest absolute Gasteiger partial charge is 1.00 e. The topological polar surface area (TPSA) is 57.5 Å². The zero-order valence-electron chi connectivity index (χ0n) is 4.83. The first-order valence-electron chi connectivity index (χ1n) is 0.651. The Hall–Kier alpha value is 2.43. The molecule has 0 atom stereocenters. The fraction of sp³-hybridized carbons (Fsp3) is 0. The summed E-state index contributed by atoms with van der Waals surface area (Å²) in [6, 6.07) is 0. The van der Waals surface area contributed by atoms with Gasteiger partial charge in [-0.3, -0.25) is 0 Å². The van der Waals surface area contributed by atoms with Gasteiger partial charge in [0.05, 0.1) is 0 Å². The molecule has 0 amide bonds. The summed E-state index contributed by atoms with van der Waals surface area (Å²) in [5, 5.41) is 13.9. The Balaban J connectivity index is -0.00000000450. The average molecular weight is 275 g/mol. The van der Waals surface area contributed by atoms with Crippen LogP contribution < -0.4 is 51.4 Å². The van der Waals surface area contributed by atoms with Gasteiger partial charge in [-0.15, -0.1) is 0 Å². The first kappa shape index (κ1) is 31.5. The second-order valence-electron chi connectivity index (χ2n) is 0.283. The molecular weight excluding hydrogens is 272 g/mol. The van der Waals surface area contributed by atoms with E-state index >= 15 is 0 Å². The van der Waals surface area contributed by atoms with E-state index in [-0.39, 0.29) is 103 Å². The van der Waals surface area contributed by atoms with Crippen LogP contribution in [0.25, 0.3) is 0 Å². The Morgan fingerprint density at radius 1 is 1.38 bits per heavy atom. The maximum atomic E-state index is 8.56. The maximum Gasteiger partial charge on any atom is 1.00 e.